The molecule has 0 aromatic heterocycles. The Hall–Kier alpha value is -0.910. The first-order valence-electron chi connectivity index (χ1n) is 5.70. The van der Waals surface area contributed by atoms with Gasteiger partial charge in [0.15, 0.2) is 9.84 Å². The van der Waals surface area contributed by atoms with Crippen molar-refractivity contribution in [3.63, 3.8) is 0 Å². The first kappa shape index (κ1) is 12.5. The van der Waals surface area contributed by atoms with Gasteiger partial charge in [0.1, 0.15) is 0 Å². The Morgan fingerprint density at radius 3 is 2.53 bits per heavy atom. The van der Waals surface area contributed by atoms with Crippen molar-refractivity contribution in [2.75, 3.05) is 19.3 Å². The van der Waals surface area contributed by atoms with Crippen molar-refractivity contribution in [1.29, 1.82) is 0 Å². The number of hydrogen-bond acceptors (Lipinski definition) is 4. The molecule has 0 aliphatic carbocycles. The zero-order chi connectivity index (χ0) is 12.5. The minimum absolute atomic E-state index is 0.347. The molecular weight excluding hydrogens is 238 g/mol. The molecule has 1 aromatic carbocycles. The molecule has 1 N–H and O–H groups in total. The molecule has 0 saturated carbocycles. The van der Waals surface area contributed by atoms with Crippen LogP contribution in [0.1, 0.15) is 24.3 Å². The predicted octanol–water partition coefficient (Wildman–Crippen LogP) is 1.66. The average molecular weight is 255 g/mol. The van der Waals surface area contributed by atoms with Gasteiger partial charge in [-0.15, -0.1) is 0 Å². The Balaban J connectivity index is 2.22. The van der Waals surface area contributed by atoms with Gasteiger partial charge >= 0.3 is 0 Å². The van der Waals surface area contributed by atoms with E-state index in [0.29, 0.717) is 23.9 Å². The van der Waals surface area contributed by atoms with Gasteiger partial charge in [-0.1, -0.05) is 12.1 Å². The molecule has 4 nitrogen and oxygen atoms in total. The van der Waals surface area contributed by atoms with E-state index in [9.17, 15) is 13.6 Å². The summed E-state index contributed by atoms with van der Waals surface area (Å²) in [7, 11) is -3.13. The van der Waals surface area contributed by atoms with Crippen molar-refractivity contribution in [1.82, 2.24) is 5.06 Å². The van der Waals surface area contributed by atoms with Gasteiger partial charge < -0.3 is 5.21 Å². The molecule has 1 fully saturated rings. The summed E-state index contributed by atoms with van der Waals surface area (Å²) in [5.41, 5.74) is 1.06. The van der Waals surface area contributed by atoms with E-state index in [2.05, 4.69) is 0 Å². The molecular formula is C12H17NO3S. The zero-order valence-electron chi connectivity index (χ0n) is 9.83. The fourth-order valence-electron chi connectivity index (χ4n) is 2.20. The van der Waals surface area contributed by atoms with Crippen LogP contribution < -0.4 is 0 Å². The fourth-order valence-corrected chi connectivity index (χ4v) is 2.87. The summed E-state index contributed by atoms with van der Waals surface area (Å²) in [6, 6.07) is 7.14. The lowest BCUT2D eigenvalue weighted by molar-refractivity contribution is -0.106. The molecule has 0 bridgehead atoms. The van der Waals surface area contributed by atoms with Crippen LogP contribution in [0.5, 0.6) is 0 Å². The molecule has 17 heavy (non-hydrogen) atoms. The maximum absolute atomic E-state index is 11.5. The van der Waals surface area contributed by atoms with Gasteiger partial charge in [-0.05, 0) is 36.5 Å². The van der Waals surface area contributed by atoms with Crippen molar-refractivity contribution in [2.45, 2.75) is 23.7 Å². The molecule has 1 saturated heterocycles. The molecule has 94 valence electrons. The third-order valence-electron chi connectivity index (χ3n) is 3.23. The van der Waals surface area contributed by atoms with Crippen LogP contribution in [0.2, 0.25) is 0 Å². The molecule has 0 atom stereocenters. The van der Waals surface area contributed by atoms with Crippen LogP contribution >= 0.6 is 0 Å². The number of hydroxylamine groups is 2. The van der Waals surface area contributed by atoms with Crippen LogP contribution in [0.4, 0.5) is 0 Å². The highest BCUT2D eigenvalue weighted by Crippen LogP contribution is 2.28. The van der Waals surface area contributed by atoms with Gasteiger partial charge in [-0.2, -0.15) is 5.06 Å². The van der Waals surface area contributed by atoms with Crippen LogP contribution in [0.3, 0.4) is 0 Å². The second-order valence-corrected chi connectivity index (χ2v) is 6.59. The van der Waals surface area contributed by atoms with Gasteiger partial charge in [-0.3, -0.25) is 0 Å². The Bertz CT molecular complexity index is 490. The summed E-state index contributed by atoms with van der Waals surface area (Å²) in [4.78, 5) is 0.376. The normalized spacial score (nSPS) is 19.4. The van der Waals surface area contributed by atoms with E-state index < -0.39 is 9.84 Å². The number of benzene rings is 1. The largest absolute Gasteiger partial charge is 0.314 e. The third kappa shape index (κ3) is 3.06. The van der Waals surface area contributed by atoms with E-state index in [1.807, 2.05) is 6.07 Å². The van der Waals surface area contributed by atoms with E-state index in [4.69, 9.17) is 0 Å². The van der Waals surface area contributed by atoms with Crippen LogP contribution in [-0.4, -0.2) is 38.0 Å². The van der Waals surface area contributed by atoms with Crippen LogP contribution in [0.25, 0.3) is 0 Å². The van der Waals surface area contributed by atoms with E-state index in [1.54, 1.807) is 18.2 Å². The van der Waals surface area contributed by atoms with Gasteiger partial charge in [0, 0.05) is 19.3 Å². The first-order chi connectivity index (χ1) is 7.97. The highest BCUT2D eigenvalue weighted by Gasteiger charge is 2.20. The molecule has 0 radical (unpaired) electrons. The number of piperidine rings is 1. The number of hydrogen-bond donors (Lipinski definition) is 1. The Morgan fingerprint density at radius 1 is 1.29 bits per heavy atom. The summed E-state index contributed by atoms with van der Waals surface area (Å²) < 4.78 is 22.9. The second-order valence-electron chi connectivity index (χ2n) is 4.57. The molecule has 1 heterocycles. The van der Waals surface area contributed by atoms with E-state index in [0.717, 1.165) is 18.4 Å². The summed E-state index contributed by atoms with van der Waals surface area (Å²) in [5.74, 6) is 0.347. The third-order valence-corrected chi connectivity index (χ3v) is 4.34. The topological polar surface area (TPSA) is 57.6 Å². The predicted molar refractivity (Wildman–Crippen MR) is 64.9 cm³/mol. The van der Waals surface area contributed by atoms with Crippen molar-refractivity contribution >= 4 is 9.84 Å². The highest BCUT2D eigenvalue weighted by molar-refractivity contribution is 7.90. The molecule has 0 amide bonds. The minimum atomic E-state index is -3.13. The van der Waals surface area contributed by atoms with E-state index in [1.165, 1.54) is 11.3 Å². The van der Waals surface area contributed by atoms with E-state index in [-0.39, 0.29) is 0 Å². The van der Waals surface area contributed by atoms with Gasteiger partial charge in [0.05, 0.1) is 4.90 Å². The Morgan fingerprint density at radius 2 is 1.94 bits per heavy atom. The molecule has 1 aliphatic rings. The van der Waals surface area contributed by atoms with Crippen molar-refractivity contribution in [2.24, 2.45) is 0 Å². The van der Waals surface area contributed by atoms with Gasteiger partial charge in [0.2, 0.25) is 0 Å². The maximum Gasteiger partial charge on any atom is 0.175 e. The lowest BCUT2D eigenvalue weighted by atomic mass is 9.90. The van der Waals surface area contributed by atoms with Crippen LogP contribution in [0.15, 0.2) is 29.2 Å². The molecule has 1 aliphatic heterocycles. The quantitative estimate of drug-likeness (QED) is 0.873. The highest BCUT2D eigenvalue weighted by atomic mass is 32.2. The molecule has 0 unspecified atom stereocenters. The minimum Gasteiger partial charge on any atom is -0.314 e. The molecule has 5 heteroatoms. The smallest absolute Gasteiger partial charge is 0.175 e. The standard InChI is InChI=1S/C12H17NO3S/c1-17(15,16)12-4-2-3-11(9-12)10-5-7-13(14)8-6-10/h2-4,9-10,14H,5-8H2,1H3. The van der Waals surface area contributed by atoms with Gasteiger partial charge in [0.25, 0.3) is 0 Å². The second kappa shape index (κ2) is 4.76. The van der Waals surface area contributed by atoms with Crippen LogP contribution in [-0.2, 0) is 9.84 Å². The summed E-state index contributed by atoms with van der Waals surface area (Å²) in [6.45, 7) is 1.29. The summed E-state index contributed by atoms with van der Waals surface area (Å²) in [6.07, 6.45) is 2.95. The van der Waals surface area contributed by atoms with Gasteiger partial charge in [-0.25, -0.2) is 8.42 Å². The maximum atomic E-state index is 11.5. The van der Waals surface area contributed by atoms with Crippen molar-refractivity contribution < 1.29 is 13.6 Å². The monoisotopic (exact) mass is 255 g/mol. The van der Waals surface area contributed by atoms with E-state index >= 15 is 0 Å². The molecule has 2 rings (SSSR count). The number of nitrogens with zero attached hydrogens (tertiary/aromatic N) is 1. The molecule has 0 spiro atoms. The Kier molecular flexibility index (Phi) is 3.51. The number of rotatable bonds is 2. The van der Waals surface area contributed by atoms with Crippen molar-refractivity contribution in [3.05, 3.63) is 29.8 Å². The van der Waals surface area contributed by atoms with Crippen molar-refractivity contribution in [3.8, 4) is 0 Å². The average Bonchev–Trinajstić information content (AvgIpc) is 2.29. The lowest BCUT2D eigenvalue weighted by Gasteiger charge is -2.27. The Labute approximate surface area is 102 Å². The fraction of sp³-hybridized carbons (Fsp3) is 0.500. The summed E-state index contributed by atoms with van der Waals surface area (Å²) in [5, 5.41) is 10.6. The van der Waals surface area contributed by atoms with Crippen LogP contribution in [0, 0.1) is 0 Å². The number of sulfone groups is 1. The zero-order valence-corrected chi connectivity index (χ0v) is 10.7. The summed E-state index contributed by atoms with van der Waals surface area (Å²) >= 11 is 0. The molecule has 1 aromatic rings. The SMILES string of the molecule is CS(=O)(=O)c1cccc(C2CCN(O)CC2)c1. The lowest BCUT2D eigenvalue weighted by Crippen LogP contribution is -2.29. The first-order valence-corrected chi connectivity index (χ1v) is 7.60.